The van der Waals surface area contributed by atoms with E-state index in [4.69, 9.17) is 0 Å². The van der Waals surface area contributed by atoms with E-state index in [1.165, 1.54) is 23.0 Å². The third kappa shape index (κ3) is 9.32. The summed E-state index contributed by atoms with van der Waals surface area (Å²) < 4.78 is 25.5. The molecule has 5 aromatic rings. The lowest BCUT2D eigenvalue weighted by Gasteiger charge is -2.34. The summed E-state index contributed by atoms with van der Waals surface area (Å²) in [6.07, 6.45) is 8.63. The molecule has 0 radical (unpaired) electrons. The number of rotatable bonds is 14. The molecule has 0 saturated carbocycles. The Balaban J connectivity index is 0.864. The number of thiazole rings is 1. The Morgan fingerprint density at radius 1 is 1.00 bits per heavy atom. The number of hydrogen-bond acceptors (Lipinski definition) is 10. The van der Waals surface area contributed by atoms with Crippen LogP contribution in [0, 0.1) is 6.92 Å². The molecule has 0 bridgehead atoms. The van der Waals surface area contributed by atoms with Crippen LogP contribution in [0.25, 0.3) is 22.0 Å². The van der Waals surface area contributed by atoms with E-state index in [0.29, 0.717) is 29.8 Å². The molecule has 4 N–H and O–H groups in total. The van der Waals surface area contributed by atoms with E-state index in [1.807, 2.05) is 23.7 Å². The number of sulfone groups is 1. The molecule has 2 aromatic heterocycles. The topological polar surface area (TPSA) is 166 Å². The summed E-state index contributed by atoms with van der Waals surface area (Å²) in [5.41, 5.74) is 5.67. The molecule has 58 heavy (non-hydrogen) atoms. The molecule has 7 rings (SSSR count). The van der Waals surface area contributed by atoms with E-state index in [9.17, 15) is 22.8 Å². The Labute approximate surface area is 343 Å². The minimum Gasteiger partial charge on any atom is -0.371 e. The maximum absolute atomic E-state index is 12.8. The van der Waals surface area contributed by atoms with Gasteiger partial charge in [0.15, 0.2) is 15.0 Å². The zero-order valence-electron chi connectivity index (χ0n) is 33.1. The van der Waals surface area contributed by atoms with Crippen LogP contribution in [0.15, 0.2) is 83.3 Å². The Morgan fingerprint density at radius 3 is 2.60 bits per heavy atom. The molecule has 304 valence electrons. The van der Waals surface area contributed by atoms with E-state index in [0.717, 1.165) is 85.1 Å². The number of nitrogens with one attached hydrogen (secondary N) is 4. The molecule has 4 heterocycles. The maximum atomic E-state index is 12.8. The number of aryl methyl sites for hydroxylation is 2. The molecule has 0 aliphatic carbocycles. The number of carbonyl (C=O) groups excluding carboxylic acids is 3. The summed E-state index contributed by atoms with van der Waals surface area (Å²) in [5, 5.41) is 15.9. The van der Waals surface area contributed by atoms with Gasteiger partial charge in [0, 0.05) is 71.4 Å². The van der Waals surface area contributed by atoms with E-state index in [-0.39, 0.29) is 23.0 Å². The molecule has 2 fully saturated rings. The van der Waals surface area contributed by atoms with Gasteiger partial charge in [-0.25, -0.2) is 18.2 Å². The van der Waals surface area contributed by atoms with Crippen LogP contribution in [0.2, 0.25) is 0 Å². The van der Waals surface area contributed by atoms with Gasteiger partial charge in [-0.1, -0.05) is 36.4 Å². The number of nitrogens with zero attached hydrogens (tertiary/aromatic N) is 4. The van der Waals surface area contributed by atoms with Crippen LogP contribution in [0.4, 0.5) is 21.3 Å². The van der Waals surface area contributed by atoms with Crippen molar-refractivity contribution in [3.05, 3.63) is 95.1 Å². The van der Waals surface area contributed by atoms with E-state index in [1.54, 1.807) is 44.0 Å². The van der Waals surface area contributed by atoms with Gasteiger partial charge in [-0.05, 0) is 94.8 Å². The van der Waals surface area contributed by atoms with Crippen molar-refractivity contribution in [2.24, 2.45) is 0 Å². The number of piperidine rings is 1. The van der Waals surface area contributed by atoms with Crippen molar-refractivity contribution in [3.63, 3.8) is 0 Å². The first-order chi connectivity index (χ1) is 28.0. The Morgan fingerprint density at radius 2 is 1.81 bits per heavy atom. The summed E-state index contributed by atoms with van der Waals surface area (Å²) in [4.78, 5) is 51.5. The average molecular weight is 823 g/mol. The van der Waals surface area contributed by atoms with E-state index < -0.39 is 26.9 Å². The van der Waals surface area contributed by atoms with Gasteiger partial charge in [0.25, 0.3) is 5.91 Å². The lowest BCUT2D eigenvalue weighted by molar-refractivity contribution is -0.115. The number of carbonyl (C=O) groups is 3. The number of benzene rings is 3. The highest BCUT2D eigenvalue weighted by atomic mass is 32.2. The highest BCUT2D eigenvalue weighted by Gasteiger charge is 2.24. The van der Waals surface area contributed by atoms with Gasteiger partial charge in [-0.3, -0.25) is 19.5 Å². The minimum absolute atomic E-state index is 0.0624. The monoisotopic (exact) mass is 822 g/mol. The third-order valence-electron chi connectivity index (χ3n) is 10.8. The third-order valence-corrected chi connectivity index (χ3v) is 13.9. The lowest BCUT2D eigenvalue weighted by atomic mass is 10.0. The zero-order chi connectivity index (χ0) is 40.8. The van der Waals surface area contributed by atoms with Crippen molar-refractivity contribution < 1.29 is 22.8 Å². The normalized spacial score (nSPS) is 15.1. The first-order valence-corrected chi connectivity index (χ1v) is 22.3. The lowest BCUT2D eigenvalue weighted by Crippen LogP contribution is -2.46. The fourth-order valence-corrected chi connectivity index (χ4v) is 9.57. The molecular formula is C43H50N8O5S2. The van der Waals surface area contributed by atoms with Crippen LogP contribution in [-0.2, 0) is 21.1 Å². The number of urea groups is 1. The smallest absolute Gasteiger partial charge is 0.321 e. The van der Waals surface area contributed by atoms with Gasteiger partial charge in [0.1, 0.15) is 0 Å². The van der Waals surface area contributed by atoms with Gasteiger partial charge < -0.3 is 26.2 Å². The van der Waals surface area contributed by atoms with Crippen molar-refractivity contribution in [2.45, 2.75) is 69.1 Å². The van der Waals surface area contributed by atoms with Gasteiger partial charge in [0.05, 0.1) is 34.3 Å². The Kier molecular flexibility index (Phi) is 12.7. The van der Waals surface area contributed by atoms with Crippen LogP contribution < -0.4 is 31.1 Å². The Hall–Kier alpha value is -5.38. The second-order valence-corrected chi connectivity index (χ2v) is 18.5. The average Bonchev–Trinajstić information content (AvgIpc) is 3.70. The molecule has 13 nitrogen and oxygen atoms in total. The number of fused-ring (bicyclic) bond motifs is 1. The summed E-state index contributed by atoms with van der Waals surface area (Å²) in [7, 11) is -3.57. The number of hydrogen-bond donors (Lipinski definition) is 4. The van der Waals surface area contributed by atoms with E-state index >= 15 is 0 Å². The standard InChI is InChI=1S/C43H50N8O5S2/c1-28(2)58(55,56)39-23-32(14-13-29(39)3)41(53)47-26-40(52)49-42-48-37(27-57-42)31-9-4-11-34(22-31)50-20-15-33(16-21-50)45-17-6-10-30-8-5-12-35-36(30)24-44-25-38(35)51-19-7-18-46-43(51)54/h4-5,8-9,11-14,22-25,27-28,33,45H,6-7,10,15-21,26H2,1-3H3,(H,46,54)(H,47,53)(H,48,49,52). The highest BCUT2D eigenvalue weighted by Crippen LogP contribution is 2.31. The molecule has 2 aliphatic rings. The number of pyridine rings is 1. The summed E-state index contributed by atoms with van der Waals surface area (Å²) >= 11 is 1.30. The van der Waals surface area contributed by atoms with Crippen molar-refractivity contribution >= 4 is 66.3 Å². The first kappa shape index (κ1) is 40.8. The summed E-state index contributed by atoms with van der Waals surface area (Å²) in [6.45, 7) is 8.79. The summed E-state index contributed by atoms with van der Waals surface area (Å²) in [6, 6.07) is 19.5. The van der Waals surface area contributed by atoms with Crippen LogP contribution in [-0.4, -0.2) is 86.8 Å². The minimum atomic E-state index is -3.57. The zero-order valence-corrected chi connectivity index (χ0v) is 34.7. The van der Waals surface area contributed by atoms with Crippen LogP contribution in [0.1, 0.15) is 61.0 Å². The molecule has 15 heteroatoms. The largest absolute Gasteiger partial charge is 0.371 e. The molecule has 0 spiro atoms. The van der Waals surface area contributed by atoms with Crippen LogP contribution in [0.3, 0.4) is 0 Å². The number of aromatic nitrogens is 2. The second kappa shape index (κ2) is 18.0. The fraction of sp³-hybridized carbons (Fsp3) is 0.372. The molecule has 0 unspecified atom stereocenters. The van der Waals surface area contributed by atoms with Gasteiger partial charge in [-0.15, -0.1) is 11.3 Å². The second-order valence-electron chi connectivity index (χ2n) is 15.1. The Bertz CT molecular complexity index is 2410. The van der Waals surface area contributed by atoms with Crippen LogP contribution in [0.5, 0.6) is 0 Å². The fourth-order valence-electron chi connectivity index (χ4n) is 7.51. The van der Waals surface area contributed by atoms with Gasteiger partial charge in [-0.2, -0.15) is 0 Å². The number of amides is 4. The van der Waals surface area contributed by atoms with Crippen LogP contribution >= 0.6 is 11.3 Å². The molecule has 4 amide bonds. The molecule has 3 aromatic carbocycles. The summed E-state index contributed by atoms with van der Waals surface area (Å²) in [5.74, 6) is -0.978. The van der Waals surface area contributed by atoms with Crippen molar-refractivity contribution in [2.75, 3.05) is 54.4 Å². The number of anilines is 3. The highest BCUT2D eigenvalue weighted by molar-refractivity contribution is 7.92. The maximum Gasteiger partial charge on any atom is 0.321 e. The molecule has 2 saturated heterocycles. The predicted molar refractivity (Wildman–Crippen MR) is 231 cm³/mol. The molecular weight excluding hydrogens is 773 g/mol. The van der Waals surface area contributed by atoms with Gasteiger partial charge >= 0.3 is 6.03 Å². The van der Waals surface area contributed by atoms with Crippen molar-refractivity contribution in [3.8, 4) is 11.3 Å². The molecule has 0 atom stereocenters. The first-order valence-electron chi connectivity index (χ1n) is 19.9. The van der Waals surface area contributed by atoms with Gasteiger partial charge in [0.2, 0.25) is 5.91 Å². The SMILES string of the molecule is Cc1ccc(C(=O)NCC(=O)Nc2nc(-c3cccc(N4CCC(NCCCc5cccc6c(N7CCCNC7=O)cncc56)CC4)c3)cs2)cc1S(=O)(=O)C(C)C. The predicted octanol–water partition coefficient (Wildman–Crippen LogP) is 6.33. The quantitative estimate of drug-likeness (QED) is 0.0938. The van der Waals surface area contributed by atoms with E-state index in [2.05, 4.69) is 66.5 Å². The molecule has 2 aliphatic heterocycles. The van der Waals surface area contributed by atoms with Crippen molar-refractivity contribution in [1.29, 1.82) is 0 Å². The van der Waals surface area contributed by atoms with Crippen molar-refractivity contribution in [1.82, 2.24) is 25.9 Å².